The van der Waals surface area contributed by atoms with Crippen LogP contribution in [0, 0.1) is 0 Å². The van der Waals surface area contributed by atoms with Crippen LogP contribution in [0.2, 0.25) is 0 Å². The Balaban J connectivity index is 1.57. The van der Waals surface area contributed by atoms with Gasteiger partial charge in [-0.3, -0.25) is 9.78 Å². The number of anilines is 3. The number of benzene rings is 1. The van der Waals surface area contributed by atoms with E-state index in [1.807, 2.05) is 13.0 Å². The number of hydrogen-bond donors (Lipinski definition) is 6. The maximum absolute atomic E-state index is 13.7. The summed E-state index contributed by atoms with van der Waals surface area (Å²) in [5, 5.41) is 12.1. The number of pyridine rings is 1. The van der Waals surface area contributed by atoms with Crippen molar-refractivity contribution in [2.45, 2.75) is 30.7 Å². The van der Waals surface area contributed by atoms with Crippen molar-refractivity contribution < 1.29 is 9.59 Å². The molecule has 34 heavy (non-hydrogen) atoms. The Morgan fingerprint density at radius 2 is 2.06 bits per heavy atom. The second-order valence-electron chi connectivity index (χ2n) is 8.23. The Morgan fingerprint density at radius 3 is 2.74 bits per heavy atom. The van der Waals surface area contributed by atoms with E-state index in [1.165, 1.54) is 11.8 Å². The van der Waals surface area contributed by atoms with Crippen molar-refractivity contribution in [3.05, 3.63) is 59.5 Å². The predicted molar refractivity (Wildman–Crippen MR) is 136 cm³/mol. The van der Waals surface area contributed by atoms with Gasteiger partial charge < -0.3 is 37.6 Å². The number of carbonyl (C=O) groups excluding carboxylic acids is 2. The summed E-state index contributed by atoms with van der Waals surface area (Å²) in [6, 6.07) is 8.79. The van der Waals surface area contributed by atoms with E-state index in [-0.39, 0.29) is 18.0 Å². The summed E-state index contributed by atoms with van der Waals surface area (Å²) in [6.07, 6.45) is 6.97. The zero-order chi connectivity index (χ0) is 24.1. The standard InChI is InChI=1S/C23H30N8O2S/c1-2-27-22(33)29-17-7-5-15(6-8-17)23(28-13-20(25)34-23)21(32)30-18-12-26-10-9-19(18)31-11-3-4-16(24)14-31/h5-10,12-13,16,28H,2-4,11,14,24-25H2,1H3,(H,30,32)(H2,27,29,33)/t16?,23-/m0/s1. The minimum Gasteiger partial charge on any atom is -0.392 e. The smallest absolute Gasteiger partial charge is 0.319 e. The highest BCUT2D eigenvalue weighted by Gasteiger charge is 2.44. The molecule has 0 bridgehead atoms. The minimum absolute atomic E-state index is 0.0967. The van der Waals surface area contributed by atoms with E-state index in [0.29, 0.717) is 28.5 Å². The van der Waals surface area contributed by atoms with E-state index < -0.39 is 4.87 Å². The van der Waals surface area contributed by atoms with Crippen LogP contribution in [0.4, 0.5) is 21.9 Å². The molecule has 8 N–H and O–H groups in total. The highest BCUT2D eigenvalue weighted by atomic mass is 32.2. The zero-order valence-electron chi connectivity index (χ0n) is 19.0. The first kappa shape index (κ1) is 23.7. The van der Waals surface area contributed by atoms with Crippen LogP contribution in [-0.4, -0.2) is 42.6 Å². The molecule has 0 spiro atoms. The lowest BCUT2D eigenvalue weighted by Crippen LogP contribution is -2.46. The summed E-state index contributed by atoms with van der Waals surface area (Å²) in [5.74, 6) is -0.283. The van der Waals surface area contributed by atoms with E-state index in [9.17, 15) is 9.59 Å². The predicted octanol–water partition coefficient (Wildman–Crippen LogP) is 2.04. The average molecular weight is 483 g/mol. The molecule has 2 atom stereocenters. The monoisotopic (exact) mass is 482 g/mol. The second kappa shape index (κ2) is 10.2. The Morgan fingerprint density at radius 1 is 1.26 bits per heavy atom. The average Bonchev–Trinajstić information content (AvgIpc) is 3.23. The number of hydrogen-bond acceptors (Lipinski definition) is 8. The van der Waals surface area contributed by atoms with Gasteiger partial charge in [-0.25, -0.2) is 4.79 Å². The van der Waals surface area contributed by atoms with Crippen molar-refractivity contribution in [3.63, 3.8) is 0 Å². The van der Waals surface area contributed by atoms with E-state index >= 15 is 0 Å². The fraction of sp³-hybridized carbons (Fsp3) is 0.348. The van der Waals surface area contributed by atoms with E-state index in [1.54, 1.807) is 42.9 Å². The van der Waals surface area contributed by atoms with Crippen LogP contribution in [0.15, 0.2) is 54.0 Å². The highest BCUT2D eigenvalue weighted by molar-refractivity contribution is 8.04. The molecule has 3 heterocycles. The molecule has 3 amide bonds. The van der Waals surface area contributed by atoms with Crippen LogP contribution in [0.25, 0.3) is 0 Å². The van der Waals surface area contributed by atoms with Crippen molar-refractivity contribution >= 4 is 40.8 Å². The first-order chi connectivity index (χ1) is 16.4. The topological polar surface area (TPSA) is 150 Å². The number of amides is 3. The zero-order valence-corrected chi connectivity index (χ0v) is 19.8. The molecular weight excluding hydrogens is 452 g/mol. The lowest BCUT2D eigenvalue weighted by molar-refractivity contribution is -0.119. The van der Waals surface area contributed by atoms with Crippen LogP contribution in [0.5, 0.6) is 0 Å². The Hall–Kier alpha value is -3.44. The number of nitrogens with two attached hydrogens (primary N) is 2. The summed E-state index contributed by atoms with van der Waals surface area (Å²) >= 11 is 1.23. The summed E-state index contributed by atoms with van der Waals surface area (Å²) in [7, 11) is 0. The van der Waals surface area contributed by atoms with Gasteiger partial charge in [0.2, 0.25) is 0 Å². The Bertz CT molecular complexity index is 1080. The van der Waals surface area contributed by atoms with Gasteiger partial charge in [-0.1, -0.05) is 23.9 Å². The van der Waals surface area contributed by atoms with E-state index in [4.69, 9.17) is 11.5 Å². The lowest BCUT2D eigenvalue weighted by atomic mass is 10.0. The Labute approximate surface area is 202 Å². The number of piperidine rings is 1. The number of nitrogens with one attached hydrogen (secondary N) is 4. The van der Waals surface area contributed by atoms with Crippen LogP contribution in [-0.2, 0) is 9.67 Å². The van der Waals surface area contributed by atoms with Crippen molar-refractivity contribution in [2.24, 2.45) is 11.5 Å². The van der Waals surface area contributed by atoms with Crippen molar-refractivity contribution in [3.8, 4) is 0 Å². The van der Waals surface area contributed by atoms with Crippen molar-refractivity contribution in [1.29, 1.82) is 0 Å². The van der Waals surface area contributed by atoms with Gasteiger partial charge in [0.1, 0.15) is 0 Å². The molecule has 1 unspecified atom stereocenters. The van der Waals surface area contributed by atoms with Crippen molar-refractivity contribution in [2.75, 3.05) is 35.2 Å². The fourth-order valence-electron chi connectivity index (χ4n) is 4.12. The number of carbonyl (C=O) groups is 2. The molecule has 2 aliphatic heterocycles. The highest BCUT2D eigenvalue weighted by Crippen LogP contribution is 2.43. The molecule has 1 saturated heterocycles. The van der Waals surface area contributed by atoms with Crippen LogP contribution in [0.1, 0.15) is 25.3 Å². The SMILES string of the molecule is CCNC(=O)Nc1ccc([C@]2(C(=O)Nc3cnccc3N3CCCC(N)C3)NC=C(N)S2)cc1. The molecule has 1 fully saturated rings. The van der Waals surface area contributed by atoms with E-state index in [0.717, 1.165) is 31.6 Å². The van der Waals surface area contributed by atoms with Crippen LogP contribution in [0.3, 0.4) is 0 Å². The number of rotatable bonds is 6. The molecule has 0 radical (unpaired) electrons. The molecule has 1 aromatic carbocycles. The molecule has 10 nitrogen and oxygen atoms in total. The second-order valence-corrected chi connectivity index (χ2v) is 9.52. The largest absolute Gasteiger partial charge is 0.392 e. The molecule has 0 saturated carbocycles. The van der Waals surface area contributed by atoms with E-state index in [2.05, 4.69) is 31.2 Å². The molecular formula is C23H30N8O2S. The molecule has 2 aliphatic rings. The maximum atomic E-state index is 13.7. The maximum Gasteiger partial charge on any atom is 0.319 e. The van der Waals surface area contributed by atoms with Gasteiger partial charge in [0, 0.05) is 43.8 Å². The van der Waals surface area contributed by atoms with Gasteiger partial charge in [0.05, 0.1) is 22.6 Å². The number of nitrogens with zero attached hydrogens (tertiary/aromatic N) is 2. The summed E-state index contributed by atoms with van der Waals surface area (Å²) in [5.41, 5.74) is 15.0. The van der Waals surface area contributed by atoms with Gasteiger partial charge in [-0.15, -0.1) is 0 Å². The van der Waals surface area contributed by atoms with Gasteiger partial charge in [-0.05, 0) is 43.5 Å². The third kappa shape index (κ3) is 5.05. The summed E-state index contributed by atoms with van der Waals surface area (Å²) < 4.78 is 0. The minimum atomic E-state index is -1.17. The molecule has 2 aromatic rings. The third-order valence-corrected chi connectivity index (χ3v) is 6.94. The van der Waals surface area contributed by atoms with Gasteiger partial charge in [0.15, 0.2) is 4.87 Å². The number of thioether (sulfide) groups is 1. The van der Waals surface area contributed by atoms with Gasteiger partial charge >= 0.3 is 6.03 Å². The Kier molecular flexibility index (Phi) is 7.13. The normalized spacial score (nSPS) is 21.9. The molecule has 11 heteroatoms. The fourth-order valence-corrected chi connectivity index (χ4v) is 5.10. The number of urea groups is 1. The van der Waals surface area contributed by atoms with Gasteiger partial charge in [0.25, 0.3) is 5.91 Å². The van der Waals surface area contributed by atoms with Crippen molar-refractivity contribution in [1.82, 2.24) is 15.6 Å². The molecule has 4 rings (SSSR count). The first-order valence-electron chi connectivity index (χ1n) is 11.2. The molecule has 1 aromatic heterocycles. The summed E-state index contributed by atoms with van der Waals surface area (Å²) in [6.45, 7) is 3.96. The molecule has 0 aliphatic carbocycles. The van der Waals surface area contributed by atoms with Crippen LogP contribution < -0.4 is 37.6 Å². The quantitative estimate of drug-likeness (QED) is 0.366. The third-order valence-electron chi connectivity index (χ3n) is 5.74. The lowest BCUT2D eigenvalue weighted by Gasteiger charge is -2.34. The molecule has 180 valence electrons. The van der Waals surface area contributed by atoms with Gasteiger partial charge in [-0.2, -0.15) is 0 Å². The first-order valence-corrected chi connectivity index (χ1v) is 12.1. The number of aromatic nitrogens is 1. The van der Waals surface area contributed by atoms with Crippen LogP contribution >= 0.6 is 11.8 Å². The summed E-state index contributed by atoms with van der Waals surface area (Å²) in [4.78, 5) is 30.7.